The summed E-state index contributed by atoms with van der Waals surface area (Å²) >= 11 is 1.45. The van der Waals surface area contributed by atoms with Crippen LogP contribution in [0.3, 0.4) is 0 Å². The lowest BCUT2D eigenvalue weighted by Gasteiger charge is -2.14. The van der Waals surface area contributed by atoms with Crippen molar-refractivity contribution in [3.63, 3.8) is 0 Å². The monoisotopic (exact) mass is 341 g/mol. The van der Waals surface area contributed by atoms with Crippen LogP contribution < -0.4 is 10.6 Å². The smallest absolute Gasteiger partial charge is 0.313 e. The summed E-state index contributed by atoms with van der Waals surface area (Å²) < 4.78 is 1.64. The molecule has 0 saturated heterocycles. The average Bonchev–Trinajstić information content (AvgIpc) is 3.28. The molecule has 0 bridgehead atoms. The molecular weight excluding hydrogens is 326 g/mol. The molecule has 7 nitrogen and oxygen atoms in total. The van der Waals surface area contributed by atoms with Gasteiger partial charge < -0.3 is 10.6 Å². The van der Waals surface area contributed by atoms with Crippen molar-refractivity contribution in [2.75, 3.05) is 5.32 Å². The maximum atomic E-state index is 12.0. The molecule has 0 aliphatic rings. The highest BCUT2D eigenvalue weighted by molar-refractivity contribution is 7.08. The molecule has 0 spiro atoms. The SMILES string of the molecule is C[C@H](NC(=O)C(=O)Nc1ccsc1)c1ccc(-n2ccnn2)cc1. The summed E-state index contributed by atoms with van der Waals surface area (Å²) in [5.41, 5.74) is 2.37. The van der Waals surface area contributed by atoms with Gasteiger partial charge in [-0.1, -0.05) is 17.3 Å². The van der Waals surface area contributed by atoms with Crippen LogP contribution in [0, 0.1) is 0 Å². The van der Waals surface area contributed by atoms with Gasteiger partial charge in [0.1, 0.15) is 0 Å². The minimum absolute atomic E-state index is 0.296. The molecule has 1 aromatic carbocycles. The molecule has 2 N–H and O–H groups in total. The van der Waals surface area contributed by atoms with Crippen LogP contribution in [0.15, 0.2) is 53.5 Å². The van der Waals surface area contributed by atoms with Crippen molar-refractivity contribution in [2.45, 2.75) is 13.0 Å². The van der Waals surface area contributed by atoms with E-state index in [1.807, 2.05) is 36.6 Å². The molecule has 2 amide bonds. The third kappa shape index (κ3) is 3.66. The van der Waals surface area contributed by atoms with E-state index in [0.29, 0.717) is 5.69 Å². The number of carbonyl (C=O) groups excluding carboxylic acids is 2. The van der Waals surface area contributed by atoms with E-state index >= 15 is 0 Å². The predicted molar refractivity (Wildman–Crippen MR) is 90.9 cm³/mol. The number of thiophene rings is 1. The lowest BCUT2D eigenvalue weighted by Crippen LogP contribution is -2.36. The zero-order valence-electron chi connectivity index (χ0n) is 12.8. The maximum Gasteiger partial charge on any atom is 0.313 e. The summed E-state index contributed by atoms with van der Waals surface area (Å²) in [7, 11) is 0. The topological polar surface area (TPSA) is 88.9 Å². The highest BCUT2D eigenvalue weighted by Gasteiger charge is 2.17. The number of nitrogens with one attached hydrogen (secondary N) is 2. The molecule has 24 heavy (non-hydrogen) atoms. The van der Waals surface area contributed by atoms with E-state index < -0.39 is 11.8 Å². The Hall–Kier alpha value is -3.00. The van der Waals surface area contributed by atoms with E-state index in [9.17, 15) is 9.59 Å². The molecule has 2 aromatic heterocycles. The van der Waals surface area contributed by atoms with Gasteiger partial charge in [-0.2, -0.15) is 11.3 Å². The van der Waals surface area contributed by atoms with Crippen molar-refractivity contribution < 1.29 is 9.59 Å². The van der Waals surface area contributed by atoms with Gasteiger partial charge in [0.05, 0.1) is 29.8 Å². The van der Waals surface area contributed by atoms with E-state index in [2.05, 4.69) is 20.9 Å². The molecule has 0 aliphatic carbocycles. The van der Waals surface area contributed by atoms with Gasteiger partial charge in [0.15, 0.2) is 0 Å². The number of hydrogen-bond acceptors (Lipinski definition) is 5. The molecule has 8 heteroatoms. The molecule has 3 rings (SSSR count). The third-order valence-electron chi connectivity index (χ3n) is 3.41. The Morgan fingerprint density at radius 2 is 1.96 bits per heavy atom. The second-order valence-corrected chi connectivity index (χ2v) is 5.88. The minimum Gasteiger partial charge on any atom is -0.341 e. The van der Waals surface area contributed by atoms with E-state index in [4.69, 9.17) is 0 Å². The van der Waals surface area contributed by atoms with Crippen LogP contribution in [-0.2, 0) is 9.59 Å². The first-order chi connectivity index (χ1) is 11.6. The number of aromatic nitrogens is 3. The lowest BCUT2D eigenvalue weighted by atomic mass is 10.1. The number of nitrogens with zero attached hydrogens (tertiary/aromatic N) is 3. The van der Waals surface area contributed by atoms with Gasteiger partial charge in [0, 0.05) is 5.38 Å². The fraction of sp³-hybridized carbons (Fsp3) is 0.125. The quantitative estimate of drug-likeness (QED) is 0.712. The van der Waals surface area contributed by atoms with Gasteiger partial charge in [0.2, 0.25) is 0 Å². The van der Waals surface area contributed by atoms with E-state index in [0.717, 1.165) is 11.3 Å². The number of amides is 2. The third-order valence-corrected chi connectivity index (χ3v) is 4.10. The summed E-state index contributed by atoms with van der Waals surface area (Å²) in [6.07, 6.45) is 3.35. The van der Waals surface area contributed by atoms with Crippen LogP contribution in [0.4, 0.5) is 5.69 Å². The van der Waals surface area contributed by atoms with Gasteiger partial charge in [-0.3, -0.25) is 9.59 Å². The van der Waals surface area contributed by atoms with Crippen LogP contribution >= 0.6 is 11.3 Å². The second kappa shape index (κ2) is 7.05. The number of rotatable bonds is 4. The first-order valence-electron chi connectivity index (χ1n) is 7.24. The standard InChI is InChI=1S/C16H15N5O2S/c1-11(18-15(22)16(23)19-13-6-9-24-10-13)12-2-4-14(5-3-12)21-8-7-17-20-21/h2-11H,1H3,(H,18,22)(H,19,23)/t11-/m0/s1. The van der Waals surface area contributed by atoms with Crippen molar-refractivity contribution in [3.05, 3.63) is 59.0 Å². The molecule has 0 aliphatic heterocycles. The molecule has 0 radical (unpaired) electrons. The Morgan fingerprint density at radius 1 is 1.17 bits per heavy atom. The number of carbonyl (C=O) groups is 2. The summed E-state index contributed by atoms with van der Waals surface area (Å²) in [4.78, 5) is 23.8. The van der Waals surface area contributed by atoms with E-state index in [-0.39, 0.29) is 6.04 Å². The minimum atomic E-state index is -0.681. The highest BCUT2D eigenvalue weighted by Crippen LogP contribution is 2.15. The van der Waals surface area contributed by atoms with Gasteiger partial charge in [-0.15, -0.1) is 5.10 Å². The number of hydrogen-bond donors (Lipinski definition) is 2. The number of benzene rings is 1. The summed E-state index contributed by atoms with van der Waals surface area (Å²) in [6, 6.07) is 8.94. The molecule has 0 fully saturated rings. The normalized spacial score (nSPS) is 11.7. The Balaban J connectivity index is 1.60. The second-order valence-electron chi connectivity index (χ2n) is 5.10. The lowest BCUT2D eigenvalue weighted by molar-refractivity contribution is -0.136. The molecule has 2 heterocycles. The van der Waals surface area contributed by atoms with Crippen molar-refractivity contribution in [2.24, 2.45) is 0 Å². The molecule has 1 atom stereocenters. The average molecular weight is 341 g/mol. The van der Waals surface area contributed by atoms with Crippen molar-refractivity contribution in [1.29, 1.82) is 0 Å². The van der Waals surface area contributed by atoms with E-state index in [1.165, 1.54) is 11.3 Å². The molecule has 122 valence electrons. The maximum absolute atomic E-state index is 12.0. The zero-order chi connectivity index (χ0) is 16.9. The van der Waals surface area contributed by atoms with Crippen LogP contribution in [0.25, 0.3) is 5.69 Å². The van der Waals surface area contributed by atoms with Gasteiger partial charge in [-0.25, -0.2) is 4.68 Å². The van der Waals surface area contributed by atoms with Crippen molar-refractivity contribution >= 4 is 28.8 Å². The van der Waals surface area contributed by atoms with Crippen LogP contribution in [-0.4, -0.2) is 26.8 Å². The summed E-state index contributed by atoms with van der Waals surface area (Å²) in [5.74, 6) is -1.35. The van der Waals surface area contributed by atoms with Crippen molar-refractivity contribution in [3.8, 4) is 5.69 Å². The first-order valence-corrected chi connectivity index (χ1v) is 8.18. The molecule has 3 aromatic rings. The summed E-state index contributed by atoms with van der Waals surface area (Å²) in [6.45, 7) is 1.82. The largest absolute Gasteiger partial charge is 0.341 e. The van der Waals surface area contributed by atoms with Gasteiger partial charge >= 0.3 is 11.8 Å². The highest BCUT2D eigenvalue weighted by atomic mass is 32.1. The van der Waals surface area contributed by atoms with E-state index in [1.54, 1.807) is 28.5 Å². The number of anilines is 1. The Bertz CT molecular complexity index is 813. The fourth-order valence-corrected chi connectivity index (χ4v) is 2.72. The van der Waals surface area contributed by atoms with Crippen LogP contribution in [0.1, 0.15) is 18.5 Å². The molecule has 0 unspecified atom stereocenters. The molecule has 0 saturated carbocycles. The Morgan fingerprint density at radius 3 is 2.58 bits per heavy atom. The van der Waals surface area contributed by atoms with Crippen molar-refractivity contribution in [1.82, 2.24) is 20.3 Å². The van der Waals surface area contributed by atoms with Gasteiger partial charge in [0.25, 0.3) is 0 Å². The van der Waals surface area contributed by atoms with Gasteiger partial charge in [-0.05, 0) is 36.1 Å². The fourth-order valence-electron chi connectivity index (χ4n) is 2.13. The summed E-state index contributed by atoms with van der Waals surface area (Å²) in [5, 5.41) is 16.5. The van der Waals surface area contributed by atoms with Crippen LogP contribution in [0.2, 0.25) is 0 Å². The predicted octanol–water partition coefficient (Wildman–Crippen LogP) is 2.14. The molecular formula is C16H15N5O2S. The van der Waals surface area contributed by atoms with Crippen LogP contribution in [0.5, 0.6) is 0 Å². The first kappa shape index (κ1) is 15.9. The Labute approximate surface area is 142 Å². The zero-order valence-corrected chi connectivity index (χ0v) is 13.7. The Kier molecular flexibility index (Phi) is 4.66.